The number of carbonyl (C=O) groups is 1. The first-order chi connectivity index (χ1) is 14.1. The number of carbonyl (C=O) groups excluding carboxylic acids is 1. The molecule has 0 saturated carbocycles. The minimum Gasteiger partial charge on any atom is -0.493 e. The van der Waals surface area contributed by atoms with Crippen molar-refractivity contribution in [2.24, 2.45) is 0 Å². The Morgan fingerprint density at radius 2 is 1.72 bits per heavy atom. The molecule has 0 radical (unpaired) electrons. The summed E-state index contributed by atoms with van der Waals surface area (Å²) in [5, 5.41) is 8.83. The Labute approximate surface area is 172 Å². The summed E-state index contributed by atoms with van der Waals surface area (Å²) in [6.07, 6.45) is 5.19. The summed E-state index contributed by atoms with van der Waals surface area (Å²) >= 11 is 0. The van der Waals surface area contributed by atoms with Crippen molar-refractivity contribution in [3.05, 3.63) is 53.9 Å². The first-order valence-electron chi connectivity index (χ1n) is 9.79. The zero-order chi connectivity index (χ0) is 21.1. The quantitative estimate of drug-likeness (QED) is 0.696. The Morgan fingerprint density at radius 1 is 1.07 bits per heavy atom. The van der Waals surface area contributed by atoms with Gasteiger partial charge in [-0.05, 0) is 56.3 Å². The Kier molecular flexibility index (Phi) is 9.40. The van der Waals surface area contributed by atoms with Crippen LogP contribution in [0.1, 0.15) is 28.8 Å². The zero-order valence-corrected chi connectivity index (χ0v) is 17.5. The standard InChI is InChI=1S/C17H26N2O4.C5H5N/c1-18(7-5-9-20)6-4-8-19-12-13-10-15(22-2)16(23-3)11-14(13)17(19)21;1-2-4-6-5-3-1/h10-11,20H,4-9,12H2,1-3H3;1-5H. The summed E-state index contributed by atoms with van der Waals surface area (Å²) in [4.78, 5) is 20.3. The Morgan fingerprint density at radius 3 is 2.28 bits per heavy atom. The van der Waals surface area contributed by atoms with Crippen LogP contribution >= 0.6 is 0 Å². The highest BCUT2D eigenvalue weighted by Crippen LogP contribution is 2.34. The molecule has 0 atom stereocenters. The number of nitrogens with zero attached hydrogens (tertiary/aromatic N) is 3. The third-order valence-corrected chi connectivity index (χ3v) is 4.72. The van der Waals surface area contributed by atoms with E-state index >= 15 is 0 Å². The molecule has 0 saturated heterocycles. The van der Waals surface area contributed by atoms with Gasteiger partial charge in [0.25, 0.3) is 5.91 Å². The van der Waals surface area contributed by atoms with Crippen LogP contribution in [-0.4, -0.2) is 73.3 Å². The SMILES string of the molecule is COc1cc2c(cc1OC)C(=O)N(CCCN(C)CCCO)C2.c1ccncc1. The van der Waals surface area contributed by atoms with Gasteiger partial charge in [0.05, 0.1) is 14.2 Å². The molecular weight excluding hydrogens is 370 g/mol. The molecule has 2 heterocycles. The number of aliphatic hydroxyl groups is 1. The molecule has 7 nitrogen and oxygen atoms in total. The maximum Gasteiger partial charge on any atom is 0.254 e. The first kappa shape index (κ1) is 22.6. The van der Waals surface area contributed by atoms with Gasteiger partial charge in [-0.15, -0.1) is 0 Å². The van der Waals surface area contributed by atoms with Gasteiger partial charge < -0.3 is 24.4 Å². The summed E-state index contributed by atoms with van der Waals surface area (Å²) in [7, 11) is 5.20. The van der Waals surface area contributed by atoms with Crippen molar-refractivity contribution in [2.45, 2.75) is 19.4 Å². The van der Waals surface area contributed by atoms with E-state index in [-0.39, 0.29) is 12.5 Å². The Bertz CT molecular complexity index is 729. The maximum absolute atomic E-state index is 12.5. The van der Waals surface area contributed by atoms with E-state index in [1.807, 2.05) is 36.2 Å². The van der Waals surface area contributed by atoms with Crippen LogP contribution in [0.2, 0.25) is 0 Å². The van der Waals surface area contributed by atoms with E-state index in [2.05, 4.69) is 9.88 Å². The van der Waals surface area contributed by atoms with Crippen LogP contribution in [0.5, 0.6) is 11.5 Å². The lowest BCUT2D eigenvalue weighted by Gasteiger charge is -2.19. The molecule has 7 heteroatoms. The van der Waals surface area contributed by atoms with Crippen molar-refractivity contribution >= 4 is 5.91 Å². The highest BCUT2D eigenvalue weighted by Gasteiger charge is 2.28. The van der Waals surface area contributed by atoms with E-state index in [1.165, 1.54) is 0 Å². The van der Waals surface area contributed by atoms with Crippen LogP contribution in [0.25, 0.3) is 0 Å². The summed E-state index contributed by atoms with van der Waals surface area (Å²) < 4.78 is 10.6. The number of amides is 1. The van der Waals surface area contributed by atoms with Gasteiger partial charge in [0.2, 0.25) is 0 Å². The molecule has 1 aromatic heterocycles. The average molecular weight is 402 g/mol. The summed E-state index contributed by atoms with van der Waals surface area (Å²) in [6, 6.07) is 9.37. The van der Waals surface area contributed by atoms with Gasteiger partial charge in [-0.3, -0.25) is 9.78 Å². The number of hydrogen-bond acceptors (Lipinski definition) is 6. The molecule has 0 aliphatic carbocycles. The minimum atomic E-state index is 0.0546. The van der Waals surface area contributed by atoms with Gasteiger partial charge in [-0.2, -0.15) is 0 Å². The highest BCUT2D eigenvalue weighted by molar-refractivity contribution is 5.99. The van der Waals surface area contributed by atoms with E-state index < -0.39 is 0 Å². The third-order valence-electron chi connectivity index (χ3n) is 4.72. The van der Waals surface area contributed by atoms with Gasteiger partial charge in [0.1, 0.15) is 0 Å². The molecule has 0 fully saturated rings. The maximum atomic E-state index is 12.5. The van der Waals surface area contributed by atoms with Crippen molar-refractivity contribution < 1.29 is 19.4 Å². The van der Waals surface area contributed by atoms with Gasteiger partial charge in [-0.25, -0.2) is 0 Å². The smallest absolute Gasteiger partial charge is 0.254 e. The third kappa shape index (κ3) is 6.73. The van der Waals surface area contributed by atoms with Gasteiger partial charge in [0.15, 0.2) is 11.5 Å². The largest absolute Gasteiger partial charge is 0.493 e. The van der Waals surface area contributed by atoms with E-state index in [1.54, 1.807) is 32.7 Å². The van der Waals surface area contributed by atoms with Crippen LogP contribution in [0, 0.1) is 0 Å². The molecule has 2 aromatic rings. The summed E-state index contributed by atoms with van der Waals surface area (Å²) in [6.45, 7) is 3.34. The number of fused-ring (bicyclic) bond motifs is 1. The van der Waals surface area contributed by atoms with E-state index in [9.17, 15) is 4.79 Å². The van der Waals surface area contributed by atoms with Crippen LogP contribution in [-0.2, 0) is 6.54 Å². The molecule has 29 heavy (non-hydrogen) atoms. The summed E-state index contributed by atoms with van der Waals surface area (Å²) in [5.74, 6) is 1.30. The summed E-state index contributed by atoms with van der Waals surface area (Å²) in [5.41, 5.74) is 1.69. The van der Waals surface area contributed by atoms with Crippen molar-refractivity contribution in [1.29, 1.82) is 0 Å². The molecule has 0 unspecified atom stereocenters. The lowest BCUT2D eigenvalue weighted by molar-refractivity contribution is 0.0772. The predicted octanol–water partition coefficient (Wildman–Crippen LogP) is 2.45. The minimum absolute atomic E-state index is 0.0546. The molecule has 1 amide bonds. The molecule has 0 bridgehead atoms. The monoisotopic (exact) mass is 401 g/mol. The fourth-order valence-electron chi connectivity index (χ4n) is 3.18. The molecule has 0 spiro atoms. The number of rotatable bonds is 9. The second kappa shape index (κ2) is 12.0. The van der Waals surface area contributed by atoms with Crippen molar-refractivity contribution in [3.8, 4) is 11.5 Å². The fraction of sp³-hybridized carbons (Fsp3) is 0.455. The van der Waals surface area contributed by atoms with Gasteiger partial charge >= 0.3 is 0 Å². The van der Waals surface area contributed by atoms with Crippen molar-refractivity contribution in [2.75, 3.05) is 47.5 Å². The zero-order valence-electron chi connectivity index (χ0n) is 17.5. The molecule has 1 N–H and O–H groups in total. The number of pyridine rings is 1. The van der Waals surface area contributed by atoms with E-state index in [0.29, 0.717) is 23.6 Å². The van der Waals surface area contributed by atoms with E-state index in [0.717, 1.165) is 38.0 Å². The molecule has 3 rings (SSSR count). The Hall–Kier alpha value is -2.64. The molecule has 158 valence electrons. The first-order valence-corrected chi connectivity index (χ1v) is 9.79. The normalized spacial score (nSPS) is 12.4. The van der Waals surface area contributed by atoms with Crippen LogP contribution in [0.15, 0.2) is 42.7 Å². The van der Waals surface area contributed by atoms with E-state index in [4.69, 9.17) is 14.6 Å². The second-order valence-electron chi connectivity index (χ2n) is 6.85. The lowest BCUT2D eigenvalue weighted by atomic mass is 10.1. The number of aromatic nitrogens is 1. The molecular formula is C22H31N3O4. The number of methoxy groups -OCH3 is 2. The highest BCUT2D eigenvalue weighted by atomic mass is 16.5. The molecule has 1 aliphatic rings. The second-order valence-corrected chi connectivity index (χ2v) is 6.85. The number of aliphatic hydroxyl groups excluding tert-OH is 1. The van der Waals surface area contributed by atoms with Crippen LogP contribution in [0.4, 0.5) is 0 Å². The fourth-order valence-corrected chi connectivity index (χ4v) is 3.18. The number of ether oxygens (including phenoxy) is 2. The van der Waals surface area contributed by atoms with Crippen LogP contribution in [0.3, 0.4) is 0 Å². The lowest BCUT2D eigenvalue weighted by Crippen LogP contribution is -2.29. The average Bonchev–Trinajstić information content (AvgIpc) is 3.07. The molecule has 1 aliphatic heterocycles. The van der Waals surface area contributed by atoms with Crippen molar-refractivity contribution in [1.82, 2.24) is 14.8 Å². The van der Waals surface area contributed by atoms with Crippen LogP contribution < -0.4 is 9.47 Å². The predicted molar refractivity (Wildman–Crippen MR) is 112 cm³/mol. The van der Waals surface area contributed by atoms with Gasteiger partial charge in [0, 0.05) is 44.2 Å². The number of hydrogen-bond donors (Lipinski definition) is 1. The topological polar surface area (TPSA) is 75.1 Å². The van der Waals surface area contributed by atoms with Gasteiger partial charge in [-0.1, -0.05) is 6.07 Å². The number of benzene rings is 1. The molecule has 1 aromatic carbocycles. The van der Waals surface area contributed by atoms with Crippen molar-refractivity contribution in [3.63, 3.8) is 0 Å². The Balaban J connectivity index is 0.000000426.